The molecule has 0 spiro atoms. The SMILES string of the molecule is Nc1ccc(F)c(-c2ccn3c(C(=O)O)ncc3c2F)c1F. The van der Waals surface area contributed by atoms with E-state index in [2.05, 4.69) is 4.98 Å². The van der Waals surface area contributed by atoms with Gasteiger partial charge in [-0.25, -0.2) is 22.9 Å². The molecule has 0 aliphatic rings. The van der Waals surface area contributed by atoms with Crippen LogP contribution in [-0.2, 0) is 0 Å². The van der Waals surface area contributed by atoms with Crippen LogP contribution in [0.25, 0.3) is 16.6 Å². The molecule has 0 fully saturated rings. The van der Waals surface area contributed by atoms with Gasteiger partial charge in [-0.05, 0) is 18.2 Å². The second kappa shape index (κ2) is 4.76. The number of halogens is 3. The number of nitrogen functional groups attached to an aromatic ring is 1. The largest absolute Gasteiger partial charge is 0.475 e. The van der Waals surface area contributed by atoms with Crippen molar-refractivity contribution in [3.63, 3.8) is 0 Å². The van der Waals surface area contributed by atoms with Gasteiger partial charge in [-0.15, -0.1) is 0 Å². The number of carbonyl (C=O) groups is 1. The summed E-state index contributed by atoms with van der Waals surface area (Å²) in [7, 11) is 0. The van der Waals surface area contributed by atoms with Gasteiger partial charge < -0.3 is 10.8 Å². The average molecular weight is 307 g/mol. The highest BCUT2D eigenvalue weighted by molar-refractivity contribution is 5.85. The predicted molar refractivity (Wildman–Crippen MR) is 71.9 cm³/mol. The molecule has 0 unspecified atom stereocenters. The summed E-state index contributed by atoms with van der Waals surface area (Å²) in [5.41, 5.74) is 3.86. The Bertz CT molecular complexity index is 921. The molecule has 8 heteroatoms. The first-order valence-electron chi connectivity index (χ1n) is 6.04. The molecule has 2 heterocycles. The topological polar surface area (TPSA) is 80.6 Å². The molecule has 5 nitrogen and oxygen atoms in total. The number of anilines is 1. The van der Waals surface area contributed by atoms with Crippen molar-refractivity contribution in [1.29, 1.82) is 0 Å². The van der Waals surface area contributed by atoms with Crippen LogP contribution in [0.4, 0.5) is 18.9 Å². The van der Waals surface area contributed by atoms with Crippen LogP contribution in [0.5, 0.6) is 0 Å². The lowest BCUT2D eigenvalue weighted by atomic mass is 10.0. The van der Waals surface area contributed by atoms with Crippen LogP contribution in [-0.4, -0.2) is 20.5 Å². The maximum Gasteiger partial charge on any atom is 0.372 e. The number of hydrogen-bond acceptors (Lipinski definition) is 3. The Balaban J connectivity index is 2.33. The number of benzene rings is 1. The Hall–Kier alpha value is -3.03. The van der Waals surface area contributed by atoms with Crippen LogP contribution in [0.15, 0.2) is 30.6 Å². The van der Waals surface area contributed by atoms with Gasteiger partial charge in [0, 0.05) is 11.8 Å². The van der Waals surface area contributed by atoms with Crippen LogP contribution < -0.4 is 5.73 Å². The molecule has 0 saturated carbocycles. The number of aromatic nitrogens is 2. The van der Waals surface area contributed by atoms with E-state index in [0.717, 1.165) is 28.8 Å². The average Bonchev–Trinajstić information content (AvgIpc) is 2.90. The Morgan fingerprint density at radius 1 is 1.18 bits per heavy atom. The van der Waals surface area contributed by atoms with E-state index < -0.39 is 34.8 Å². The number of rotatable bonds is 2. The number of carboxylic acids is 1. The lowest BCUT2D eigenvalue weighted by Crippen LogP contribution is -2.05. The van der Waals surface area contributed by atoms with Gasteiger partial charge in [0.05, 0.1) is 17.4 Å². The smallest absolute Gasteiger partial charge is 0.372 e. The predicted octanol–water partition coefficient (Wildman–Crippen LogP) is 2.70. The highest BCUT2D eigenvalue weighted by Crippen LogP contribution is 2.32. The summed E-state index contributed by atoms with van der Waals surface area (Å²) in [5, 5.41) is 8.93. The van der Waals surface area contributed by atoms with Gasteiger partial charge in [-0.2, -0.15) is 0 Å². The lowest BCUT2D eigenvalue weighted by Gasteiger charge is -2.09. The van der Waals surface area contributed by atoms with Crippen LogP contribution >= 0.6 is 0 Å². The third-order valence-corrected chi connectivity index (χ3v) is 3.23. The van der Waals surface area contributed by atoms with Crippen LogP contribution in [0.2, 0.25) is 0 Å². The van der Waals surface area contributed by atoms with E-state index in [1.165, 1.54) is 6.20 Å². The molecule has 0 bridgehead atoms. The fourth-order valence-electron chi connectivity index (χ4n) is 2.20. The minimum Gasteiger partial charge on any atom is -0.475 e. The third kappa shape index (κ3) is 1.88. The molecular weight excluding hydrogens is 299 g/mol. The fourth-order valence-corrected chi connectivity index (χ4v) is 2.20. The van der Waals surface area contributed by atoms with Gasteiger partial charge in [-0.1, -0.05) is 0 Å². The van der Waals surface area contributed by atoms with E-state index in [4.69, 9.17) is 10.8 Å². The Morgan fingerprint density at radius 3 is 2.59 bits per heavy atom. The van der Waals surface area contributed by atoms with E-state index >= 15 is 0 Å². The summed E-state index contributed by atoms with van der Waals surface area (Å²) in [6.45, 7) is 0. The molecule has 2 aromatic heterocycles. The normalized spacial score (nSPS) is 11.0. The van der Waals surface area contributed by atoms with Crippen LogP contribution in [0, 0.1) is 17.5 Å². The summed E-state index contributed by atoms with van der Waals surface area (Å²) in [6.07, 6.45) is 2.15. The molecule has 22 heavy (non-hydrogen) atoms. The number of aromatic carboxylic acids is 1. The number of imidazole rings is 1. The van der Waals surface area contributed by atoms with Crippen molar-refractivity contribution in [2.75, 3.05) is 5.73 Å². The summed E-state index contributed by atoms with van der Waals surface area (Å²) in [5.74, 6) is -4.82. The van der Waals surface area contributed by atoms with E-state index in [-0.39, 0.29) is 16.8 Å². The molecule has 0 aliphatic carbocycles. The van der Waals surface area contributed by atoms with E-state index in [1.54, 1.807) is 0 Å². The first kappa shape index (κ1) is 13.9. The standard InChI is InChI=1S/C14H8F3N3O2/c15-7-1-2-8(18)12(17)10(7)6-3-4-20-9(11(6)16)5-19-13(20)14(21)22/h1-5H,18H2,(H,21,22). The Labute approximate surface area is 121 Å². The van der Waals surface area contributed by atoms with E-state index in [9.17, 15) is 18.0 Å². The second-order valence-electron chi connectivity index (χ2n) is 4.51. The highest BCUT2D eigenvalue weighted by atomic mass is 19.1. The fraction of sp³-hybridized carbons (Fsp3) is 0. The van der Waals surface area contributed by atoms with Gasteiger partial charge >= 0.3 is 5.97 Å². The van der Waals surface area contributed by atoms with Crippen molar-refractivity contribution >= 4 is 17.2 Å². The second-order valence-corrected chi connectivity index (χ2v) is 4.51. The van der Waals surface area contributed by atoms with Gasteiger partial charge in [0.1, 0.15) is 11.3 Å². The van der Waals surface area contributed by atoms with Crippen molar-refractivity contribution < 1.29 is 23.1 Å². The van der Waals surface area contributed by atoms with Crippen LogP contribution in [0.1, 0.15) is 10.6 Å². The number of nitrogens with two attached hydrogens (primary N) is 1. The summed E-state index contributed by atoms with van der Waals surface area (Å²) >= 11 is 0. The molecule has 0 amide bonds. The van der Waals surface area contributed by atoms with Crippen molar-refractivity contribution in [3.05, 3.63) is 53.9 Å². The zero-order valence-corrected chi connectivity index (χ0v) is 10.8. The maximum atomic E-state index is 14.5. The summed E-state index contributed by atoms with van der Waals surface area (Å²) in [6, 6.07) is 3.03. The van der Waals surface area contributed by atoms with E-state index in [0.29, 0.717) is 0 Å². The minimum absolute atomic E-state index is 0.212. The molecule has 112 valence electrons. The van der Waals surface area contributed by atoms with Gasteiger partial charge in [0.2, 0.25) is 5.82 Å². The van der Waals surface area contributed by atoms with Crippen molar-refractivity contribution in [1.82, 2.24) is 9.38 Å². The quantitative estimate of drug-likeness (QED) is 0.713. The first-order valence-corrected chi connectivity index (χ1v) is 6.04. The maximum absolute atomic E-state index is 14.5. The molecular formula is C14H8F3N3O2. The van der Waals surface area contributed by atoms with Gasteiger partial charge in [0.15, 0.2) is 11.6 Å². The molecule has 3 N–H and O–H groups in total. The molecule has 0 aliphatic heterocycles. The highest BCUT2D eigenvalue weighted by Gasteiger charge is 2.21. The molecule has 0 atom stereocenters. The van der Waals surface area contributed by atoms with Crippen molar-refractivity contribution in [2.24, 2.45) is 0 Å². The molecule has 1 aromatic carbocycles. The van der Waals surface area contributed by atoms with E-state index in [1.807, 2.05) is 0 Å². The molecule has 3 aromatic rings. The first-order chi connectivity index (χ1) is 10.4. The molecule has 0 saturated heterocycles. The summed E-state index contributed by atoms with van der Waals surface area (Å²) < 4.78 is 43.3. The van der Waals surface area contributed by atoms with Crippen molar-refractivity contribution in [2.45, 2.75) is 0 Å². The number of hydrogen-bond donors (Lipinski definition) is 2. The molecule has 0 radical (unpaired) electrons. The monoisotopic (exact) mass is 307 g/mol. The zero-order valence-electron chi connectivity index (χ0n) is 10.8. The van der Waals surface area contributed by atoms with Gasteiger partial charge in [-0.3, -0.25) is 4.40 Å². The minimum atomic E-state index is -1.35. The Kier molecular flexibility index (Phi) is 3.01. The van der Waals surface area contributed by atoms with Crippen LogP contribution in [0.3, 0.4) is 0 Å². The zero-order chi connectivity index (χ0) is 16.0. The number of carboxylic acid groups (broad SMARTS) is 1. The molecule has 3 rings (SSSR count). The third-order valence-electron chi connectivity index (χ3n) is 3.23. The van der Waals surface area contributed by atoms with Gasteiger partial charge in [0.25, 0.3) is 0 Å². The summed E-state index contributed by atoms with van der Waals surface area (Å²) in [4.78, 5) is 14.5. The number of nitrogens with zero attached hydrogens (tertiary/aromatic N) is 2. The lowest BCUT2D eigenvalue weighted by molar-refractivity contribution is 0.0683. The number of fused-ring (bicyclic) bond motifs is 1. The Morgan fingerprint density at radius 2 is 1.91 bits per heavy atom. The number of pyridine rings is 1. The van der Waals surface area contributed by atoms with Crippen molar-refractivity contribution in [3.8, 4) is 11.1 Å².